The van der Waals surface area contributed by atoms with Gasteiger partial charge in [-0.3, -0.25) is 4.99 Å². The third kappa shape index (κ3) is 1.25. The summed E-state index contributed by atoms with van der Waals surface area (Å²) in [5, 5.41) is 0. The summed E-state index contributed by atoms with van der Waals surface area (Å²) in [7, 11) is 1.68. The Bertz CT molecular complexity index is 495. The molecule has 0 radical (unpaired) electrons. The maximum absolute atomic E-state index is 6.19. The monoisotopic (exact) mass is 231 g/mol. The van der Waals surface area contributed by atoms with Gasteiger partial charge in [-0.15, -0.1) is 0 Å². The molecule has 2 atom stereocenters. The Morgan fingerprint density at radius 2 is 2.35 bits per heavy atom. The summed E-state index contributed by atoms with van der Waals surface area (Å²) in [5.74, 6) is 2.08. The zero-order chi connectivity index (χ0) is 12.0. The van der Waals surface area contributed by atoms with Crippen molar-refractivity contribution in [2.45, 2.75) is 31.8 Å². The van der Waals surface area contributed by atoms with Crippen LogP contribution in [-0.2, 0) is 0 Å². The van der Waals surface area contributed by atoms with Gasteiger partial charge in [-0.25, -0.2) is 0 Å². The van der Waals surface area contributed by atoms with E-state index in [0.717, 1.165) is 24.5 Å². The smallest absolute Gasteiger partial charge is 0.166 e. The van der Waals surface area contributed by atoms with Gasteiger partial charge in [0.25, 0.3) is 0 Å². The number of fused-ring (bicyclic) bond motifs is 3. The maximum Gasteiger partial charge on any atom is 0.166 e. The van der Waals surface area contributed by atoms with Crippen molar-refractivity contribution in [2.75, 3.05) is 13.7 Å². The van der Waals surface area contributed by atoms with Crippen molar-refractivity contribution >= 4 is 5.71 Å². The molecule has 0 bridgehead atoms. The van der Waals surface area contributed by atoms with Crippen molar-refractivity contribution in [2.24, 2.45) is 4.99 Å². The number of para-hydroxylation sites is 1. The molecule has 3 rings (SSSR count). The highest BCUT2D eigenvalue weighted by Crippen LogP contribution is 2.52. The highest BCUT2D eigenvalue weighted by molar-refractivity contribution is 5.96. The van der Waals surface area contributed by atoms with Crippen LogP contribution in [0.2, 0.25) is 0 Å². The molecule has 0 N–H and O–H groups in total. The van der Waals surface area contributed by atoms with Gasteiger partial charge in [-0.05, 0) is 19.4 Å². The van der Waals surface area contributed by atoms with Crippen molar-refractivity contribution in [1.29, 1.82) is 0 Å². The predicted octanol–water partition coefficient (Wildman–Crippen LogP) is 2.79. The van der Waals surface area contributed by atoms with E-state index in [1.807, 2.05) is 12.1 Å². The molecule has 2 heterocycles. The molecule has 0 spiro atoms. The van der Waals surface area contributed by atoms with Gasteiger partial charge >= 0.3 is 0 Å². The zero-order valence-corrected chi connectivity index (χ0v) is 10.5. The summed E-state index contributed by atoms with van der Waals surface area (Å²) in [5.41, 5.74) is 2.14. The Balaban J connectivity index is 2.09. The van der Waals surface area contributed by atoms with Gasteiger partial charge in [0.15, 0.2) is 17.1 Å². The van der Waals surface area contributed by atoms with Crippen LogP contribution in [0.15, 0.2) is 23.2 Å². The Labute approximate surface area is 101 Å². The minimum atomic E-state index is -0.258. The van der Waals surface area contributed by atoms with Gasteiger partial charge in [0.1, 0.15) is 0 Å². The minimum Gasteiger partial charge on any atom is -0.493 e. The van der Waals surface area contributed by atoms with Gasteiger partial charge in [0.05, 0.1) is 25.3 Å². The number of benzene rings is 1. The van der Waals surface area contributed by atoms with Crippen LogP contribution in [0.3, 0.4) is 0 Å². The van der Waals surface area contributed by atoms with E-state index in [-0.39, 0.29) is 5.60 Å². The van der Waals surface area contributed by atoms with E-state index < -0.39 is 0 Å². The lowest BCUT2D eigenvalue weighted by molar-refractivity contribution is 0.168. The first kappa shape index (κ1) is 10.6. The third-order valence-corrected chi connectivity index (χ3v) is 3.96. The molecule has 0 saturated carbocycles. The molecule has 2 unspecified atom stereocenters. The second kappa shape index (κ2) is 3.49. The van der Waals surface area contributed by atoms with E-state index >= 15 is 0 Å². The Morgan fingerprint density at radius 3 is 3.06 bits per heavy atom. The van der Waals surface area contributed by atoms with Crippen molar-refractivity contribution in [3.8, 4) is 11.5 Å². The van der Waals surface area contributed by atoms with Crippen molar-refractivity contribution in [3.05, 3.63) is 23.8 Å². The first-order valence-corrected chi connectivity index (χ1v) is 6.10. The number of nitrogens with zero attached hydrogens (tertiary/aromatic N) is 1. The second-order valence-electron chi connectivity index (χ2n) is 4.78. The highest BCUT2D eigenvalue weighted by atomic mass is 16.5. The van der Waals surface area contributed by atoms with E-state index in [4.69, 9.17) is 9.47 Å². The van der Waals surface area contributed by atoms with E-state index in [1.54, 1.807) is 7.11 Å². The fraction of sp³-hybridized carbons (Fsp3) is 0.500. The van der Waals surface area contributed by atoms with Crippen LogP contribution in [0.5, 0.6) is 11.5 Å². The highest BCUT2D eigenvalue weighted by Gasteiger charge is 2.51. The Morgan fingerprint density at radius 1 is 1.53 bits per heavy atom. The van der Waals surface area contributed by atoms with E-state index in [0.29, 0.717) is 5.92 Å². The molecule has 2 aliphatic rings. The molecule has 0 fully saturated rings. The molecule has 1 aromatic carbocycles. The molecular weight excluding hydrogens is 214 g/mol. The third-order valence-electron chi connectivity index (χ3n) is 3.96. The maximum atomic E-state index is 6.19. The van der Waals surface area contributed by atoms with E-state index in [1.165, 1.54) is 11.3 Å². The average Bonchev–Trinajstić information content (AvgIpc) is 2.79. The second-order valence-corrected chi connectivity index (χ2v) is 4.78. The number of hydrogen-bond donors (Lipinski definition) is 0. The molecule has 0 aliphatic carbocycles. The molecule has 2 aliphatic heterocycles. The van der Waals surface area contributed by atoms with Crippen molar-refractivity contribution < 1.29 is 9.47 Å². The molecular formula is C14H17NO2. The lowest BCUT2D eigenvalue weighted by Gasteiger charge is -2.25. The van der Waals surface area contributed by atoms with Crippen LogP contribution in [0.1, 0.15) is 31.7 Å². The molecule has 3 nitrogen and oxygen atoms in total. The van der Waals surface area contributed by atoms with Crippen LogP contribution in [-0.4, -0.2) is 25.0 Å². The van der Waals surface area contributed by atoms with E-state index in [2.05, 4.69) is 24.9 Å². The summed E-state index contributed by atoms with van der Waals surface area (Å²) >= 11 is 0. The fourth-order valence-electron chi connectivity index (χ4n) is 3.01. The minimum absolute atomic E-state index is 0.258. The van der Waals surface area contributed by atoms with Crippen LogP contribution < -0.4 is 9.47 Å². The van der Waals surface area contributed by atoms with Crippen molar-refractivity contribution in [1.82, 2.24) is 0 Å². The normalized spacial score (nSPS) is 29.4. The first-order valence-electron chi connectivity index (χ1n) is 6.10. The number of ether oxygens (including phenoxy) is 2. The van der Waals surface area contributed by atoms with Gasteiger partial charge in [-0.1, -0.05) is 19.1 Å². The predicted molar refractivity (Wildman–Crippen MR) is 67.4 cm³/mol. The Kier molecular flexibility index (Phi) is 2.18. The molecule has 90 valence electrons. The topological polar surface area (TPSA) is 30.8 Å². The standard InChI is InChI=1S/C14H17NO2/c1-4-12-14(2)10(8-15-12)9-6-5-7-11(16-3)13(9)17-14/h5-7,10H,4,8H2,1-3H3. The molecule has 1 aromatic rings. The van der Waals surface area contributed by atoms with Crippen LogP contribution in [0.25, 0.3) is 0 Å². The fourth-order valence-corrected chi connectivity index (χ4v) is 3.01. The number of hydrogen-bond acceptors (Lipinski definition) is 3. The summed E-state index contributed by atoms with van der Waals surface area (Å²) in [6, 6.07) is 6.10. The molecule has 0 saturated heterocycles. The number of methoxy groups -OCH3 is 1. The molecule has 3 heteroatoms. The summed E-state index contributed by atoms with van der Waals surface area (Å²) < 4.78 is 11.6. The summed E-state index contributed by atoms with van der Waals surface area (Å²) in [4.78, 5) is 4.62. The van der Waals surface area contributed by atoms with Crippen LogP contribution >= 0.6 is 0 Å². The van der Waals surface area contributed by atoms with Crippen LogP contribution in [0.4, 0.5) is 0 Å². The van der Waals surface area contributed by atoms with Gasteiger partial charge < -0.3 is 9.47 Å². The summed E-state index contributed by atoms with van der Waals surface area (Å²) in [6.45, 7) is 5.11. The van der Waals surface area contributed by atoms with Gasteiger partial charge in [0.2, 0.25) is 0 Å². The lowest BCUT2D eigenvalue weighted by Crippen LogP contribution is -2.39. The zero-order valence-electron chi connectivity index (χ0n) is 10.5. The first-order chi connectivity index (χ1) is 8.20. The average molecular weight is 231 g/mol. The lowest BCUT2D eigenvalue weighted by atomic mass is 9.84. The van der Waals surface area contributed by atoms with Crippen LogP contribution in [0, 0.1) is 0 Å². The number of rotatable bonds is 2. The van der Waals surface area contributed by atoms with E-state index in [9.17, 15) is 0 Å². The molecule has 0 aromatic heterocycles. The quantitative estimate of drug-likeness (QED) is 0.783. The Hall–Kier alpha value is -1.51. The largest absolute Gasteiger partial charge is 0.493 e. The van der Waals surface area contributed by atoms with Gasteiger partial charge in [-0.2, -0.15) is 0 Å². The molecule has 17 heavy (non-hydrogen) atoms. The number of aliphatic imine (C=N–C) groups is 1. The summed E-state index contributed by atoms with van der Waals surface area (Å²) in [6.07, 6.45) is 0.948. The molecule has 0 amide bonds. The SMILES string of the molecule is CCC1=NCC2c3cccc(OC)c3OC12C. The van der Waals surface area contributed by atoms with Crippen molar-refractivity contribution in [3.63, 3.8) is 0 Å². The van der Waals surface area contributed by atoms with Gasteiger partial charge in [0, 0.05) is 5.56 Å².